The molecular formula is C32H64O2. The molecule has 0 aliphatic heterocycles. The van der Waals surface area contributed by atoms with Crippen molar-refractivity contribution < 1.29 is 9.53 Å². The lowest BCUT2D eigenvalue weighted by molar-refractivity contribution is -0.145. The first-order chi connectivity index (χ1) is 16.7. The maximum absolute atomic E-state index is 12.2. The molecule has 0 saturated heterocycles. The number of ether oxygens (including phenoxy) is 1. The molecule has 0 amide bonds. The van der Waals surface area contributed by atoms with E-state index in [4.69, 9.17) is 4.74 Å². The molecule has 204 valence electrons. The van der Waals surface area contributed by atoms with Gasteiger partial charge in [-0.15, -0.1) is 0 Å². The normalized spacial score (nSPS) is 12.2. The van der Waals surface area contributed by atoms with Gasteiger partial charge in [-0.05, 0) is 25.2 Å². The van der Waals surface area contributed by atoms with Crippen molar-refractivity contribution >= 4 is 5.97 Å². The minimum absolute atomic E-state index is 0.0427. The monoisotopic (exact) mass is 480 g/mol. The molecule has 0 radical (unpaired) electrons. The van der Waals surface area contributed by atoms with E-state index in [0.717, 1.165) is 6.42 Å². The Morgan fingerprint density at radius 1 is 0.471 bits per heavy atom. The van der Waals surface area contributed by atoms with E-state index in [0.29, 0.717) is 18.9 Å². The van der Waals surface area contributed by atoms with E-state index in [1.165, 1.54) is 154 Å². The zero-order chi connectivity index (χ0) is 25.0. The van der Waals surface area contributed by atoms with Gasteiger partial charge in [0.1, 0.15) is 0 Å². The van der Waals surface area contributed by atoms with Crippen LogP contribution in [0.1, 0.15) is 188 Å². The lowest BCUT2D eigenvalue weighted by Gasteiger charge is -2.17. The highest BCUT2D eigenvalue weighted by Gasteiger charge is 2.12. The minimum atomic E-state index is 0.0427. The van der Waals surface area contributed by atoms with E-state index < -0.39 is 0 Å². The largest absolute Gasteiger partial charge is 0.465 e. The van der Waals surface area contributed by atoms with Crippen LogP contribution >= 0.6 is 0 Å². The fourth-order valence-corrected chi connectivity index (χ4v) is 4.95. The topological polar surface area (TPSA) is 26.3 Å². The molecule has 0 aliphatic carbocycles. The van der Waals surface area contributed by atoms with Crippen LogP contribution in [0.5, 0.6) is 0 Å². The zero-order valence-electron chi connectivity index (χ0n) is 24.0. The molecule has 1 atom stereocenters. The zero-order valence-corrected chi connectivity index (χ0v) is 24.0. The van der Waals surface area contributed by atoms with Crippen molar-refractivity contribution in [1.82, 2.24) is 0 Å². The summed E-state index contributed by atoms with van der Waals surface area (Å²) in [4.78, 5) is 12.2. The van der Waals surface area contributed by atoms with E-state index >= 15 is 0 Å². The fraction of sp³-hybridized carbons (Fsp3) is 0.969. The van der Waals surface area contributed by atoms with Crippen molar-refractivity contribution in [3.8, 4) is 0 Å². The third-order valence-corrected chi connectivity index (χ3v) is 7.40. The molecule has 0 aromatic carbocycles. The Hall–Kier alpha value is -0.530. The van der Waals surface area contributed by atoms with E-state index in [9.17, 15) is 4.79 Å². The maximum Gasteiger partial charge on any atom is 0.305 e. The second kappa shape index (κ2) is 28.7. The van der Waals surface area contributed by atoms with Crippen LogP contribution in [0.25, 0.3) is 0 Å². The molecule has 0 heterocycles. The van der Waals surface area contributed by atoms with Gasteiger partial charge in [-0.3, -0.25) is 4.79 Å². The summed E-state index contributed by atoms with van der Waals surface area (Å²) in [6, 6.07) is 0. The Morgan fingerprint density at radius 3 is 1.24 bits per heavy atom. The van der Waals surface area contributed by atoms with Gasteiger partial charge in [0.25, 0.3) is 0 Å². The van der Waals surface area contributed by atoms with E-state index in [-0.39, 0.29) is 5.97 Å². The lowest BCUT2D eigenvalue weighted by Crippen LogP contribution is -2.14. The van der Waals surface area contributed by atoms with Gasteiger partial charge in [0.05, 0.1) is 6.61 Å². The summed E-state index contributed by atoms with van der Waals surface area (Å²) in [5.74, 6) is 0.624. The van der Waals surface area contributed by atoms with Crippen LogP contribution in [-0.2, 0) is 9.53 Å². The highest BCUT2D eigenvalue weighted by molar-refractivity contribution is 5.69. The molecular weight excluding hydrogens is 416 g/mol. The van der Waals surface area contributed by atoms with Crippen molar-refractivity contribution in [2.24, 2.45) is 5.92 Å². The molecule has 2 heteroatoms. The summed E-state index contributed by atoms with van der Waals surface area (Å²) in [5, 5.41) is 0. The van der Waals surface area contributed by atoms with Gasteiger partial charge >= 0.3 is 5.97 Å². The third kappa shape index (κ3) is 26.1. The van der Waals surface area contributed by atoms with Crippen molar-refractivity contribution in [2.75, 3.05) is 6.61 Å². The lowest BCUT2D eigenvalue weighted by atomic mass is 9.95. The molecule has 0 saturated carbocycles. The van der Waals surface area contributed by atoms with Crippen LogP contribution in [0.4, 0.5) is 0 Å². The van der Waals surface area contributed by atoms with Gasteiger partial charge in [-0.2, -0.15) is 0 Å². The molecule has 0 N–H and O–H groups in total. The number of hydrogen-bond donors (Lipinski definition) is 0. The summed E-state index contributed by atoms with van der Waals surface area (Å²) in [6.45, 7) is 7.48. The predicted octanol–water partition coefficient (Wildman–Crippen LogP) is 11.3. The second-order valence-corrected chi connectivity index (χ2v) is 10.9. The second-order valence-electron chi connectivity index (χ2n) is 10.9. The highest BCUT2D eigenvalue weighted by Crippen LogP contribution is 2.19. The molecule has 0 rings (SSSR count). The quantitative estimate of drug-likeness (QED) is 0.0821. The molecule has 0 spiro atoms. The van der Waals surface area contributed by atoms with Crippen LogP contribution in [0.15, 0.2) is 0 Å². The van der Waals surface area contributed by atoms with Gasteiger partial charge in [-0.25, -0.2) is 0 Å². The molecule has 0 bridgehead atoms. The van der Waals surface area contributed by atoms with Gasteiger partial charge in [0.2, 0.25) is 0 Å². The number of carbonyl (C=O) groups is 1. The Balaban J connectivity index is 3.57. The predicted molar refractivity (Wildman–Crippen MR) is 152 cm³/mol. The molecule has 0 aromatic heterocycles. The SMILES string of the molecule is CCCCCCCCCCCCCCCCCC(=O)OCC(CCCCC)CCCCCCC. The first kappa shape index (κ1) is 33.5. The molecule has 0 aliphatic rings. The third-order valence-electron chi connectivity index (χ3n) is 7.40. The summed E-state index contributed by atoms with van der Waals surface area (Å²) in [6.07, 6.45) is 34.0. The first-order valence-electron chi connectivity index (χ1n) is 15.9. The Morgan fingerprint density at radius 2 is 0.794 bits per heavy atom. The average Bonchev–Trinajstić information content (AvgIpc) is 2.84. The van der Waals surface area contributed by atoms with Crippen LogP contribution < -0.4 is 0 Å². The summed E-state index contributed by atoms with van der Waals surface area (Å²) >= 11 is 0. The smallest absolute Gasteiger partial charge is 0.305 e. The number of hydrogen-bond acceptors (Lipinski definition) is 2. The van der Waals surface area contributed by atoms with Crippen molar-refractivity contribution in [2.45, 2.75) is 188 Å². The highest BCUT2D eigenvalue weighted by atomic mass is 16.5. The Labute approximate surface area is 215 Å². The van der Waals surface area contributed by atoms with Crippen LogP contribution in [0, 0.1) is 5.92 Å². The summed E-state index contributed by atoms with van der Waals surface area (Å²) in [7, 11) is 0. The summed E-state index contributed by atoms with van der Waals surface area (Å²) in [5.41, 5.74) is 0. The van der Waals surface area contributed by atoms with E-state index in [2.05, 4.69) is 20.8 Å². The molecule has 2 nitrogen and oxygen atoms in total. The standard InChI is InChI=1S/C32H64O2/c1-4-7-10-12-13-14-15-16-17-18-19-20-21-23-26-29-32(33)34-30-31(27-24-9-6-3)28-25-22-11-8-5-2/h31H,4-30H2,1-3H3. The van der Waals surface area contributed by atoms with Gasteiger partial charge in [0.15, 0.2) is 0 Å². The molecule has 0 fully saturated rings. The van der Waals surface area contributed by atoms with Crippen LogP contribution in [0.2, 0.25) is 0 Å². The van der Waals surface area contributed by atoms with Crippen molar-refractivity contribution in [3.05, 3.63) is 0 Å². The van der Waals surface area contributed by atoms with E-state index in [1.54, 1.807) is 0 Å². The maximum atomic E-state index is 12.2. The van der Waals surface area contributed by atoms with Crippen molar-refractivity contribution in [1.29, 1.82) is 0 Å². The van der Waals surface area contributed by atoms with E-state index in [1.807, 2.05) is 0 Å². The van der Waals surface area contributed by atoms with Gasteiger partial charge in [-0.1, -0.05) is 162 Å². The van der Waals surface area contributed by atoms with Crippen LogP contribution in [0.3, 0.4) is 0 Å². The first-order valence-corrected chi connectivity index (χ1v) is 15.9. The van der Waals surface area contributed by atoms with Crippen molar-refractivity contribution in [3.63, 3.8) is 0 Å². The fourth-order valence-electron chi connectivity index (χ4n) is 4.95. The number of esters is 1. The Bertz CT molecular complexity index is 392. The molecule has 0 aromatic rings. The van der Waals surface area contributed by atoms with Gasteiger partial charge < -0.3 is 4.74 Å². The van der Waals surface area contributed by atoms with Crippen LogP contribution in [-0.4, -0.2) is 12.6 Å². The molecule has 1 unspecified atom stereocenters. The Kier molecular flexibility index (Phi) is 28.3. The average molecular weight is 481 g/mol. The number of rotatable bonds is 28. The minimum Gasteiger partial charge on any atom is -0.465 e. The van der Waals surface area contributed by atoms with Gasteiger partial charge in [0, 0.05) is 6.42 Å². The number of carbonyl (C=O) groups excluding carboxylic acids is 1. The molecule has 34 heavy (non-hydrogen) atoms. The summed E-state index contributed by atoms with van der Waals surface area (Å²) < 4.78 is 5.69. The number of unbranched alkanes of at least 4 members (excludes halogenated alkanes) is 20.